The summed E-state index contributed by atoms with van der Waals surface area (Å²) in [5, 5.41) is 5.78. The number of carbonyl (C=O) groups excluding carboxylic acids is 2. The number of amides is 2. The van der Waals surface area contributed by atoms with Gasteiger partial charge in [-0.1, -0.05) is 44.2 Å². The quantitative estimate of drug-likeness (QED) is 0.782. The molecule has 0 aliphatic rings. The molecule has 24 heavy (non-hydrogen) atoms. The summed E-state index contributed by atoms with van der Waals surface area (Å²) in [6.07, 6.45) is 3.57. The Hall–Kier alpha value is -2.56. The van der Waals surface area contributed by atoms with Crippen LogP contribution in [0.1, 0.15) is 42.8 Å². The van der Waals surface area contributed by atoms with Crippen LogP contribution in [-0.4, -0.2) is 23.9 Å². The van der Waals surface area contributed by atoms with E-state index in [0.717, 1.165) is 18.4 Å². The van der Waals surface area contributed by atoms with Crippen LogP contribution in [0.25, 0.3) is 0 Å². The van der Waals surface area contributed by atoms with E-state index in [1.165, 1.54) is 6.26 Å². The predicted octanol–water partition coefficient (Wildman–Crippen LogP) is 2.93. The third-order valence-electron chi connectivity index (χ3n) is 3.98. The van der Waals surface area contributed by atoms with Crippen molar-refractivity contribution >= 4 is 11.8 Å². The Morgan fingerprint density at radius 2 is 1.71 bits per heavy atom. The van der Waals surface area contributed by atoms with Gasteiger partial charge in [0.1, 0.15) is 6.04 Å². The van der Waals surface area contributed by atoms with E-state index in [4.69, 9.17) is 4.42 Å². The number of rotatable bonds is 8. The van der Waals surface area contributed by atoms with E-state index in [1.807, 2.05) is 44.2 Å². The molecule has 0 spiro atoms. The summed E-state index contributed by atoms with van der Waals surface area (Å²) in [4.78, 5) is 24.9. The monoisotopic (exact) mass is 328 g/mol. The van der Waals surface area contributed by atoms with Crippen LogP contribution in [0.3, 0.4) is 0 Å². The van der Waals surface area contributed by atoms with Crippen molar-refractivity contribution < 1.29 is 14.0 Å². The first-order valence-corrected chi connectivity index (χ1v) is 8.32. The predicted molar refractivity (Wildman–Crippen MR) is 92.6 cm³/mol. The average Bonchev–Trinajstić information content (AvgIpc) is 3.14. The maximum absolute atomic E-state index is 12.6. The van der Waals surface area contributed by atoms with E-state index < -0.39 is 6.04 Å². The van der Waals surface area contributed by atoms with Crippen LogP contribution in [0.15, 0.2) is 53.1 Å². The Balaban J connectivity index is 2.11. The molecule has 0 aliphatic carbocycles. The summed E-state index contributed by atoms with van der Waals surface area (Å²) >= 11 is 0. The molecule has 1 atom stereocenters. The smallest absolute Gasteiger partial charge is 0.287 e. The Morgan fingerprint density at radius 3 is 2.29 bits per heavy atom. The van der Waals surface area contributed by atoms with Gasteiger partial charge < -0.3 is 15.1 Å². The van der Waals surface area contributed by atoms with E-state index in [0.29, 0.717) is 6.42 Å². The van der Waals surface area contributed by atoms with E-state index in [2.05, 4.69) is 10.6 Å². The van der Waals surface area contributed by atoms with Gasteiger partial charge in [-0.15, -0.1) is 0 Å². The molecule has 1 heterocycles. The maximum Gasteiger partial charge on any atom is 0.287 e. The molecule has 0 saturated carbocycles. The highest BCUT2D eigenvalue weighted by atomic mass is 16.3. The molecule has 0 aliphatic heterocycles. The van der Waals surface area contributed by atoms with Gasteiger partial charge in [-0.2, -0.15) is 0 Å². The summed E-state index contributed by atoms with van der Waals surface area (Å²) in [5.41, 5.74) is 0.988. The van der Waals surface area contributed by atoms with Crippen molar-refractivity contribution in [3.05, 3.63) is 60.1 Å². The van der Waals surface area contributed by atoms with Crippen molar-refractivity contribution in [1.82, 2.24) is 10.6 Å². The van der Waals surface area contributed by atoms with E-state index >= 15 is 0 Å². The molecule has 0 bridgehead atoms. The minimum Gasteiger partial charge on any atom is -0.459 e. The van der Waals surface area contributed by atoms with Crippen molar-refractivity contribution in [3.8, 4) is 0 Å². The molecule has 2 rings (SSSR count). The van der Waals surface area contributed by atoms with E-state index in [-0.39, 0.29) is 23.6 Å². The maximum atomic E-state index is 12.6. The van der Waals surface area contributed by atoms with Gasteiger partial charge in [-0.3, -0.25) is 9.59 Å². The van der Waals surface area contributed by atoms with Crippen LogP contribution in [0.4, 0.5) is 0 Å². The first kappa shape index (κ1) is 17.8. The Morgan fingerprint density at radius 1 is 1.00 bits per heavy atom. The highest BCUT2D eigenvalue weighted by molar-refractivity contribution is 5.95. The third kappa shape index (κ3) is 4.98. The van der Waals surface area contributed by atoms with Gasteiger partial charge in [0.05, 0.1) is 6.26 Å². The number of nitrogens with one attached hydrogen (secondary N) is 2. The number of hydrogen-bond acceptors (Lipinski definition) is 3. The second-order valence-electron chi connectivity index (χ2n) is 5.72. The van der Waals surface area contributed by atoms with E-state index in [9.17, 15) is 9.59 Å². The van der Waals surface area contributed by atoms with Gasteiger partial charge >= 0.3 is 0 Å². The summed E-state index contributed by atoms with van der Waals surface area (Å²) in [5.74, 6) is -0.364. The van der Waals surface area contributed by atoms with Gasteiger partial charge in [0, 0.05) is 12.5 Å². The molecule has 1 aromatic heterocycles. The molecule has 5 heteroatoms. The first-order valence-electron chi connectivity index (χ1n) is 8.32. The summed E-state index contributed by atoms with van der Waals surface area (Å²) in [6, 6.07) is 12.3. The Kier molecular flexibility index (Phi) is 6.61. The van der Waals surface area contributed by atoms with Crippen molar-refractivity contribution in [2.45, 2.75) is 45.2 Å². The van der Waals surface area contributed by atoms with Crippen LogP contribution in [0.2, 0.25) is 0 Å². The average molecular weight is 328 g/mol. The lowest BCUT2D eigenvalue weighted by molar-refractivity contribution is -0.123. The summed E-state index contributed by atoms with van der Waals surface area (Å²) in [6.45, 7) is 4.06. The Bertz CT molecular complexity index is 634. The molecule has 1 aromatic carbocycles. The van der Waals surface area contributed by atoms with Gasteiger partial charge in [0.15, 0.2) is 5.76 Å². The molecule has 128 valence electrons. The molecule has 0 radical (unpaired) electrons. The minimum atomic E-state index is -0.648. The van der Waals surface area contributed by atoms with Gasteiger partial charge in [-0.05, 0) is 30.5 Å². The molecule has 0 saturated heterocycles. The zero-order valence-electron chi connectivity index (χ0n) is 14.1. The third-order valence-corrected chi connectivity index (χ3v) is 3.98. The summed E-state index contributed by atoms with van der Waals surface area (Å²) in [7, 11) is 0. The first-order chi connectivity index (χ1) is 11.6. The Labute approximate surface area is 142 Å². The second kappa shape index (κ2) is 8.91. The van der Waals surface area contributed by atoms with Crippen molar-refractivity contribution in [2.24, 2.45) is 0 Å². The number of furan rings is 1. The largest absolute Gasteiger partial charge is 0.459 e. The second-order valence-corrected chi connectivity index (χ2v) is 5.72. The molecular weight excluding hydrogens is 304 g/mol. The van der Waals surface area contributed by atoms with Gasteiger partial charge in [-0.25, -0.2) is 0 Å². The molecule has 0 fully saturated rings. The molecule has 1 unspecified atom stereocenters. The van der Waals surface area contributed by atoms with Gasteiger partial charge in [0.25, 0.3) is 5.91 Å². The number of benzene rings is 1. The zero-order chi connectivity index (χ0) is 17.4. The standard InChI is InChI=1S/C19H24N2O3/c1-3-15(4-2)20-18(22)16(13-14-9-6-5-7-10-14)21-19(23)17-11-8-12-24-17/h5-12,15-16H,3-4,13H2,1-2H3,(H,20,22)(H,21,23). The molecular formula is C19H24N2O3. The molecule has 2 amide bonds. The van der Waals surface area contributed by atoms with Crippen LogP contribution >= 0.6 is 0 Å². The highest BCUT2D eigenvalue weighted by Gasteiger charge is 2.24. The fraction of sp³-hybridized carbons (Fsp3) is 0.368. The van der Waals surface area contributed by atoms with E-state index in [1.54, 1.807) is 12.1 Å². The molecule has 2 aromatic rings. The van der Waals surface area contributed by atoms with Crippen molar-refractivity contribution in [3.63, 3.8) is 0 Å². The highest BCUT2D eigenvalue weighted by Crippen LogP contribution is 2.07. The summed E-state index contributed by atoms with van der Waals surface area (Å²) < 4.78 is 5.11. The van der Waals surface area contributed by atoms with Crippen molar-refractivity contribution in [1.29, 1.82) is 0 Å². The van der Waals surface area contributed by atoms with Crippen LogP contribution in [0.5, 0.6) is 0 Å². The lowest BCUT2D eigenvalue weighted by Gasteiger charge is -2.22. The minimum absolute atomic E-state index is 0.108. The normalized spacial score (nSPS) is 12.0. The fourth-order valence-corrected chi connectivity index (χ4v) is 2.49. The van der Waals surface area contributed by atoms with Crippen molar-refractivity contribution in [2.75, 3.05) is 0 Å². The molecule has 5 nitrogen and oxygen atoms in total. The number of carbonyl (C=O) groups is 2. The lowest BCUT2D eigenvalue weighted by Crippen LogP contribution is -2.50. The van der Waals surface area contributed by atoms with Gasteiger partial charge in [0.2, 0.25) is 5.91 Å². The zero-order valence-corrected chi connectivity index (χ0v) is 14.1. The lowest BCUT2D eigenvalue weighted by atomic mass is 10.0. The fourth-order valence-electron chi connectivity index (χ4n) is 2.49. The van der Waals surface area contributed by atoms with Crippen LogP contribution in [-0.2, 0) is 11.2 Å². The SMILES string of the molecule is CCC(CC)NC(=O)C(Cc1ccccc1)NC(=O)c1ccco1. The van der Waals surface area contributed by atoms with Crippen LogP contribution < -0.4 is 10.6 Å². The topological polar surface area (TPSA) is 71.3 Å². The number of hydrogen-bond donors (Lipinski definition) is 2. The molecule has 2 N–H and O–H groups in total. The van der Waals surface area contributed by atoms with Crippen LogP contribution in [0, 0.1) is 0 Å².